The Morgan fingerprint density at radius 2 is 2.38 bits per heavy atom. The monoisotopic (exact) mass is 180 g/mol. The minimum Gasteiger partial charge on any atom is -0.478 e. The van der Waals surface area contributed by atoms with Crippen LogP contribution < -0.4 is 11.2 Å². The van der Waals surface area contributed by atoms with Crippen LogP contribution in [0.15, 0.2) is 34.2 Å². The van der Waals surface area contributed by atoms with Gasteiger partial charge in [-0.1, -0.05) is 0 Å². The van der Waals surface area contributed by atoms with Crippen molar-refractivity contribution in [2.75, 3.05) is 0 Å². The van der Waals surface area contributed by atoms with E-state index in [0.29, 0.717) is 6.42 Å². The van der Waals surface area contributed by atoms with Crippen molar-refractivity contribution in [3.63, 3.8) is 0 Å². The average molecular weight is 180 g/mol. The van der Waals surface area contributed by atoms with E-state index in [1.54, 1.807) is 6.26 Å². The van der Waals surface area contributed by atoms with Gasteiger partial charge < -0.3 is 4.74 Å². The molecule has 0 amide bonds. The summed E-state index contributed by atoms with van der Waals surface area (Å²) < 4.78 is 6.47. The standard InChI is InChI=1S/C8H8N2O3/c11-6-3-4-10(8(12)9-6)7-2-1-5-13-7/h1,3-5,7H,2H2,(H,9,11,12)/t7-/m1/s1. The van der Waals surface area contributed by atoms with Gasteiger partial charge in [0.1, 0.15) is 0 Å². The van der Waals surface area contributed by atoms with E-state index >= 15 is 0 Å². The molecule has 0 radical (unpaired) electrons. The van der Waals surface area contributed by atoms with Crippen LogP contribution in [0, 0.1) is 0 Å². The third-order valence-electron chi connectivity index (χ3n) is 1.83. The second kappa shape index (κ2) is 2.93. The number of hydrogen-bond acceptors (Lipinski definition) is 3. The van der Waals surface area contributed by atoms with E-state index in [1.807, 2.05) is 6.08 Å². The molecule has 0 fully saturated rings. The minimum atomic E-state index is -0.443. The molecule has 5 nitrogen and oxygen atoms in total. The molecule has 68 valence electrons. The zero-order valence-electron chi connectivity index (χ0n) is 6.77. The molecule has 0 aromatic carbocycles. The summed E-state index contributed by atoms with van der Waals surface area (Å²) in [5.41, 5.74) is -0.839. The molecule has 0 saturated carbocycles. The van der Waals surface area contributed by atoms with Gasteiger partial charge in [-0.2, -0.15) is 0 Å². The first-order valence-corrected chi connectivity index (χ1v) is 3.89. The summed E-state index contributed by atoms with van der Waals surface area (Å²) in [7, 11) is 0. The highest BCUT2D eigenvalue weighted by Gasteiger charge is 2.14. The Balaban J connectivity index is 2.41. The van der Waals surface area contributed by atoms with Crippen LogP contribution in [0.3, 0.4) is 0 Å². The van der Waals surface area contributed by atoms with Crippen molar-refractivity contribution in [1.29, 1.82) is 0 Å². The van der Waals surface area contributed by atoms with Gasteiger partial charge in [-0.05, 0) is 6.08 Å². The third-order valence-corrected chi connectivity index (χ3v) is 1.83. The van der Waals surface area contributed by atoms with Crippen LogP contribution in [0.4, 0.5) is 0 Å². The second-order valence-corrected chi connectivity index (χ2v) is 2.72. The third kappa shape index (κ3) is 1.40. The lowest BCUT2D eigenvalue weighted by atomic mass is 10.4. The predicted molar refractivity (Wildman–Crippen MR) is 45.2 cm³/mol. The number of ether oxygens (including phenoxy) is 1. The molecule has 1 aromatic rings. The Bertz CT molecular complexity index is 435. The molecule has 5 heteroatoms. The second-order valence-electron chi connectivity index (χ2n) is 2.72. The molecule has 0 spiro atoms. The SMILES string of the molecule is O=c1ccn([C@H]2CC=CO2)c(=O)[nH]1. The van der Waals surface area contributed by atoms with Gasteiger partial charge in [-0.3, -0.25) is 14.3 Å². The molecular weight excluding hydrogens is 172 g/mol. The molecule has 1 atom stereocenters. The van der Waals surface area contributed by atoms with Crippen molar-refractivity contribution in [1.82, 2.24) is 9.55 Å². The van der Waals surface area contributed by atoms with E-state index in [-0.39, 0.29) is 6.23 Å². The van der Waals surface area contributed by atoms with Gasteiger partial charge in [0.05, 0.1) is 6.26 Å². The van der Waals surface area contributed by atoms with Crippen LogP contribution in [0.1, 0.15) is 12.6 Å². The van der Waals surface area contributed by atoms with Gasteiger partial charge in [-0.15, -0.1) is 0 Å². The normalized spacial score (nSPS) is 20.2. The summed E-state index contributed by atoms with van der Waals surface area (Å²) in [6, 6.07) is 1.29. The van der Waals surface area contributed by atoms with E-state index < -0.39 is 11.2 Å². The Morgan fingerprint density at radius 3 is 3.00 bits per heavy atom. The Hall–Kier alpha value is -1.78. The number of H-pyrrole nitrogens is 1. The summed E-state index contributed by atoms with van der Waals surface area (Å²) in [4.78, 5) is 24.1. The summed E-state index contributed by atoms with van der Waals surface area (Å²) in [6.45, 7) is 0. The van der Waals surface area contributed by atoms with Crippen LogP contribution in [-0.4, -0.2) is 9.55 Å². The molecule has 0 unspecified atom stereocenters. The van der Waals surface area contributed by atoms with Gasteiger partial charge in [0.25, 0.3) is 5.56 Å². The highest BCUT2D eigenvalue weighted by molar-refractivity contribution is 4.90. The number of rotatable bonds is 1. The lowest BCUT2D eigenvalue weighted by Crippen LogP contribution is -2.31. The van der Waals surface area contributed by atoms with Gasteiger partial charge in [0, 0.05) is 18.7 Å². The molecular formula is C8H8N2O3. The summed E-state index contributed by atoms with van der Waals surface area (Å²) in [5, 5.41) is 0. The number of aromatic nitrogens is 2. The summed E-state index contributed by atoms with van der Waals surface area (Å²) in [5.74, 6) is 0. The number of nitrogens with zero attached hydrogens (tertiary/aromatic N) is 1. The quantitative estimate of drug-likeness (QED) is 0.660. The Kier molecular flexibility index (Phi) is 1.77. The Labute approximate surface area is 73.3 Å². The highest BCUT2D eigenvalue weighted by atomic mass is 16.5. The molecule has 1 aromatic heterocycles. The first-order chi connectivity index (χ1) is 6.27. The van der Waals surface area contributed by atoms with Gasteiger partial charge >= 0.3 is 5.69 Å². The van der Waals surface area contributed by atoms with Crippen molar-refractivity contribution in [3.8, 4) is 0 Å². The van der Waals surface area contributed by atoms with Crippen LogP contribution in [0.5, 0.6) is 0 Å². The summed E-state index contributed by atoms with van der Waals surface area (Å²) in [6.07, 6.45) is 5.12. The van der Waals surface area contributed by atoms with Crippen LogP contribution in [0.2, 0.25) is 0 Å². The van der Waals surface area contributed by atoms with Crippen molar-refractivity contribution >= 4 is 0 Å². The number of hydrogen-bond donors (Lipinski definition) is 1. The van der Waals surface area contributed by atoms with Crippen LogP contribution >= 0.6 is 0 Å². The smallest absolute Gasteiger partial charge is 0.331 e. The molecule has 2 rings (SSSR count). The topological polar surface area (TPSA) is 64.1 Å². The fraction of sp³-hybridized carbons (Fsp3) is 0.250. The van der Waals surface area contributed by atoms with Gasteiger partial charge in [-0.25, -0.2) is 4.79 Å². The molecule has 1 aliphatic heterocycles. The molecule has 0 saturated heterocycles. The fourth-order valence-corrected chi connectivity index (χ4v) is 1.21. The zero-order valence-corrected chi connectivity index (χ0v) is 6.77. The van der Waals surface area contributed by atoms with Crippen molar-refractivity contribution in [3.05, 3.63) is 45.4 Å². The fourth-order valence-electron chi connectivity index (χ4n) is 1.21. The molecule has 0 bridgehead atoms. The Morgan fingerprint density at radius 1 is 1.54 bits per heavy atom. The maximum atomic E-state index is 11.2. The molecule has 0 aliphatic carbocycles. The molecule has 1 aliphatic rings. The van der Waals surface area contributed by atoms with E-state index in [1.165, 1.54) is 16.8 Å². The largest absolute Gasteiger partial charge is 0.478 e. The first-order valence-electron chi connectivity index (χ1n) is 3.89. The lowest BCUT2D eigenvalue weighted by molar-refractivity contribution is 0.0997. The van der Waals surface area contributed by atoms with Gasteiger partial charge in [0.15, 0.2) is 6.23 Å². The maximum absolute atomic E-state index is 11.2. The van der Waals surface area contributed by atoms with Crippen molar-refractivity contribution in [2.45, 2.75) is 12.6 Å². The van der Waals surface area contributed by atoms with Crippen molar-refractivity contribution in [2.24, 2.45) is 0 Å². The zero-order chi connectivity index (χ0) is 9.26. The predicted octanol–water partition coefficient (Wildman–Crippen LogP) is -0.0308. The van der Waals surface area contributed by atoms with Gasteiger partial charge in [0.2, 0.25) is 0 Å². The number of aromatic amines is 1. The average Bonchev–Trinajstić information content (AvgIpc) is 2.56. The van der Waals surface area contributed by atoms with E-state index in [4.69, 9.17) is 4.74 Å². The van der Waals surface area contributed by atoms with Crippen LogP contribution in [0.25, 0.3) is 0 Å². The molecule has 1 N–H and O–H groups in total. The van der Waals surface area contributed by atoms with E-state index in [2.05, 4.69) is 4.98 Å². The highest BCUT2D eigenvalue weighted by Crippen LogP contribution is 2.17. The van der Waals surface area contributed by atoms with E-state index in [0.717, 1.165) is 0 Å². The van der Waals surface area contributed by atoms with E-state index in [9.17, 15) is 9.59 Å². The maximum Gasteiger partial charge on any atom is 0.331 e. The first kappa shape index (κ1) is 7.85. The number of nitrogens with one attached hydrogen (secondary N) is 1. The minimum absolute atomic E-state index is 0.315. The van der Waals surface area contributed by atoms with Crippen molar-refractivity contribution < 1.29 is 4.74 Å². The lowest BCUT2D eigenvalue weighted by Gasteiger charge is -2.11. The summed E-state index contributed by atoms with van der Waals surface area (Å²) >= 11 is 0. The van der Waals surface area contributed by atoms with Crippen LogP contribution in [-0.2, 0) is 4.74 Å². The molecule has 2 heterocycles. The molecule has 13 heavy (non-hydrogen) atoms.